The van der Waals surface area contributed by atoms with Gasteiger partial charge in [0.25, 0.3) is 0 Å². The van der Waals surface area contributed by atoms with Crippen molar-refractivity contribution in [1.29, 1.82) is 0 Å². The first-order chi connectivity index (χ1) is 8.75. The maximum absolute atomic E-state index is 11.0. The molecule has 6 nitrogen and oxygen atoms in total. The molecule has 0 bridgehead atoms. The molecule has 1 N–H and O–H groups in total. The smallest absolute Gasteiger partial charge is 0.323 e. The minimum absolute atomic E-state index is 0.145. The summed E-state index contributed by atoms with van der Waals surface area (Å²) in [6, 6.07) is 7.40. The molecule has 90 valence electrons. The molecule has 2 aromatic heterocycles. The molecule has 18 heavy (non-hydrogen) atoms. The first-order valence-electron chi connectivity index (χ1n) is 5.20. The van der Waals surface area contributed by atoms with Gasteiger partial charge >= 0.3 is 5.97 Å². The molecule has 0 aliphatic rings. The van der Waals surface area contributed by atoms with Crippen LogP contribution in [0.15, 0.2) is 29.6 Å². The number of hydrogen-bond acceptors (Lipinski definition) is 5. The number of carbonyl (C=O) groups is 1. The second-order valence-electron chi connectivity index (χ2n) is 3.69. The highest BCUT2D eigenvalue weighted by Gasteiger charge is 2.16. The monoisotopic (exact) mass is 260 g/mol. The van der Waals surface area contributed by atoms with E-state index in [2.05, 4.69) is 14.6 Å². The van der Waals surface area contributed by atoms with E-state index in [1.165, 1.54) is 11.5 Å². The molecule has 1 aromatic carbocycles. The molecular weight excluding hydrogens is 252 g/mol. The highest BCUT2D eigenvalue weighted by molar-refractivity contribution is 7.03. The topological polar surface area (TPSA) is 80.9 Å². The van der Waals surface area contributed by atoms with Crippen LogP contribution in [0, 0.1) is 0 Å². The second kappa shape index (κ2) is 4.19. The number of hydrogen-bond donors (Lipinski definition) is 1. The molecule has 0 saturated heterocycles. The van der Waals surface area contributed by atoms with Gasteiger partial charge in [-0.25, -0.2) is 4.98 Å². The van der Waals surface area contributed by atoms with Crippen molar-refractivity contribution in [2.75, 3.05) is 0 Å². The van der Waals surface area contributed by atoms with E-state index in [-0.39, 0.29) is 6.54 Å². The van der Waals surface area contributed by atoms with Crippen molar-refractivity contribution in [1.82, 2.24) is 19.1 Å². The van der Waals surface area contributed by atoms with Crippen LogP contribution in [0.4, 0.5) is 0 Å². The lowest BCUT2D eigenvalue weighted by molar-refractivity contribution is -0.137. The molecule has 7 heteroatoms. The molecule has 0 aliphatic carbocycles. The molecule has 3 rings (SSSR count). The van der Waals surface area contributed by atoms with E-state index in [1.807, 2.05) is 24.3 Å². The minimum atomic E-state index is -0.914. The Morgan fingerprint density at radius 3 is 2.94 bits per heavy atom. The normalized spacial score (nSPS) is 10.9. The van der Waals surface area contributed by atoms with Gasteiger partial charge in [0.1, 0.15) is 12.2 Å². The molecule has 0 fully saturated rings. The summed E-state index contributed by atoms with van der Waals surface area (Å²) in [6.07, 6.45) is 0. The number of imidazole rings is 1. The quantitative estimate of drug-likeness (QED) is 0.774. The minimum Gasteiger partial charge on any atom is -0.480 e. The average Bonchev–Trinajstić information content (AvgIpc) is 2.96. The van der Waals surface area contributed by atoms with Gasteiger partial charge in [-0.2, -0.15) is 0 Å². The number of aromatic nitrogens is 4. The maximum Gasteiger partial charge on any atom is 0.323 e. The Bertz CT molecular complexity index is 705. The summed E-state index contributed by atoms with van der Waals surface area (Å²) in [5, 5.41) is 14.7. The number of nitrogens with zero attached hydrogens (tertiary/aromatic N) is 4. The number of benzene rings is 1. The number of aliphatic carboxylic acids is 1. The van der Waals surface area contributed by atoms with Crippen LogP contribution in [-0.2, 0) is 11.3 Å². The standard InChI is InChI=1S/C11H8N4O2S/c16-10(17)5-15-9-4-2-1-3-7(9)12-11(15)8-6-18-14-13-8/h1-4,6H,5H2,(H,16,17). The van der Waals surface area contributed by atoms with E-state index in [1.54, 1.807) is 9.95 Å². The van der Waals surface area contributed by atoms with E-state index in [0.717, 1.165) is 11.0 Å². The number of rotatable bonds is 3. The van der Waals surface area contributed by atoms with Gasteiger partial charge < -0.3 is 9.67 Å². The Morgan fingerprint density at radius 2 is 2.22 bits per heavy atom. The average molecular weight is 260 g/mol. The molecule has 0 unspecified atom stereocenters. The van der Waals surface area contributed by atoms with Crippen LogP contribution in [0.25, 0.3) is 22.6 Å². The SMILES string of the molecule is O=C(O)Cn1c(-c2csnn2)nc2ccccc21. The first-order valence-corrected chi connectivity index (χ1v) is 6.04. The largest absolute Gasteiger partial charge is 0.480 e. The predicted octanol–water partition coefficient (Wildman–Crippen LogP) is 1.64. The lowest BCUT2D eigenvalue weighted by Crippen LogP contribution is -2.10. The lowest BCUT2D eigenvalue weighted by Gasteiger charge is -2.03. The van der Waals surface area contributed by atoms with Gasteiger partial charge in [0.05, 0.1) is 11.0 Å². The predicted molar refractivity (Wildman–Crippen MR) is 66.3 cm³/mol. The molecule has 0 saturated carbocycles. The first kappa shape index (κ1) is 10.8. The summed E-state index contributed by atoms with van der Waals surface area (Å²) in [5.74, 6) is -0.380. The highest BCUT2D eigenvalue weighted by Crippen LogP contribution is 2.23. The van der Waals surface area contributed by atoms with Crippen LogP contribution in [0.5, 0.6) is 0 Å². The molecular formula is C11H8N4O2S. The molecule has 3 aromatic rings. The van der Waals surface area contributed by atoms with Crippen LogP contribution in [-0.4, -0.2) is 30.2 Å². The summed E-state index contributed by atoms with van der Waals surface area (Å²) in [5.41, 5.74) is 2.13. The van der Waals surface area contributed by atoms with Crippen LogP contribution in [0.3, 0.4) is 0 Å². The van der Waals surface area contributed by atoms with Crippen LogP contribution >= 0.6 is 11.5 Å². The van der Waals surface area contributed by atoms with Crippen molar-refractivity contribution in [3.8, 4) is 11.5 Å². The fourth-order valence-electron chi connectivity index (χ4n) is 1.83. The summed E-state index contributed by atoms with van der Waals surface area (Å²) in [6.45, 7) is -0.145. The third kappa shape index (κ3) is 1.74. The number of carboxylic acids is 1. The summed E-state index contributed by atoms with van der Waals surface area (Å²) in [7, 11) is 0. The Labute approximate surface area is 106 Å². The Balaban J connectivity index is 2.26. The zero-order valence-electron chi connectivity index (χ0n) is 9.15. The second-order valence-corrected chi connectivity index (χ2v) is 4.30. The van der Waals surface area contributed by atoms with E-state index in [9.17, 15) is 4.79 Å². The van der Waals surface area contributed by atoms with Crippen molar-refractivity contribution in [2.45, 2.75) is 6.54 Å². The van der Waals surface area contributed by atoms with Gasteiger partial charge in [-0.05, 0) is 23.7 Å². The van der Waals surface area contributed by atoms with E-state index in [4.69, 9.17) is 5.11 Å². The number of fused-ring (bicyclic) bond motifs is 1. The zero-order valence-corrected chi connectivity index (χ0v) is 9.96. The fourth-order valence-corrected chi connectivity index (χ4v) is 2.26. The van der Waals surface area contributed by atoms with E-state index < -0.39 is 5.97 Å². The van der Waals surface area contributed by atoms with Crippen molar-refractivity contribution < 1.29 is 9.90 Å². The zero-order chi connectivity index (χ0) is 12.5. The van der Waals surface area contributed by atoms with Gasteiger partial charge in [0, 0.05) is 5.38 Å². The van der Waals surface area contributed by atoms with E-state index in [0.29, 0.717) is 11.5 Å². The van der Waals surface area contributed by atoms with Crippen molar-refractivity contribution in [3.05, 3.63) is 29.6 Å². The Kier molecular flexibility index (Phi) is 2.52. The van der Waals surface area contributed by atoms with Crippen LogP contribution < -0.4 is 0 Å². The summed E-state index contributed by atoms with van der Waals surface area (Å²) < 4.78 is 5.41. The van der Waals surface area contributed by atoms with Crippen molar-refractivity contribution in [3.63, 3.8) is 0 Å². The Morgan fingerprint density at radius 1 is 1.39 bits per heavy atom. The van der Waals surface area contributed by atoms with Gasteiger partial charge in [-0.3, -0.25) is 4.79 Å². The van der Waals surface area contributed by atoms with Gasteiger partial charge in [-0.15, -0.1) is 5.10 Å². The molecule has 0 atom stereocenters. The third-order valence-corrected chi connectivity index (χ3v) is 3.04. The number of carboxylic acid groups (broad SMARTS) is 1. The summed E-state index contributed by atoms with van der Waals surface area (Å²) >= 11 is 1.21. The molecule has 0 aliphatic heterocycles. The number of para-hydroxylation sites is 2. The molecule has 0 radical (unpaired) electrons. The molecule has 2 heterocycles. The fraction of sp³-hybridized carbons (Fsp3) is 0.0909. The highest BCUT2D eigenvalue weighted by atomic mass is 32.1. The third-order valence-electron chi connectivity index (χ3n) is 2.54. The Hall–Kier alpha value is -2.28. The molecule has 0 spiro atoms. The molecule has 0 amide bonds. The van der Waals surface area contributed by atoms with Gasteiger partial charge in [0.15, 0.2) is 5.82 Å². The van der Waals surface area contributed by atoms with Crippen LogP contribution in [0.2, 0.25) is 0 Å². The lowest BCUT2D eigenvalue weighted by atomic mass is 10.3. The van der Waals surface area contributed by atoms with Crippen LogP contribution in [0.1, 0.15) is 0 Å². The maximum atomic E-state index is 11.0. The van der Waals surface area contributed by atoms with Gasteiger partial charge in [0.2, 0.25) is 0 Å². The van der Waals surface area contributed by atoms with E-state index >= 15 is 0 Å². The summed E-state index contributed by atoms with van der Waals surface area (Å²) in [4.78, 5) is 15.4. The van der Waals surface area contributed by atoms with Gasteiger partial charge in [-0.1, -0.05) is 16.6 Å². The van der Waals surface area contributed by atoms with Crippen molar-refractivity contribution in [2.24, 2.45) is 0 Å². The van der Waals surface area contributed by atoms with Crippen molar-refractivity contribution >= 4 is 28.5 Å².